The van der Waals surface area contributed by atoms with Gasteiger partial charge < -0.3 is 25.5 Å². The van der Waals surface area contributed by atoms with Crippen LogP contribution in [0.4, 0.5) is 51.2 Å². The first-order chi connectivity index (χ1) is 29.9. The summed E-state index contributed by atoms with van der Waals surface area (Å²) < 4.78 is 104. The normalized spacial score (nSPS) is 12.6. The summed E-state index contributed by atoms with van der Waals surface area (Å²) in [5.74, 6) is -4.84. The predicted octanol–water partition coefficient (Wildman–Crippen LogP) is 8.67. The van der Waals surface area contributed by atoms with Gasteiger partial charge in [0.25, 0.3) is 36.0 Å². The van der Waals surface area contributed by atoms with E-state index >= 15 is 0 Å². The summed E-state index contributed by atoms with van der Waals surface area (Å²) in [5, 5.41) is 91.3. The summed E-state index contributed by atoms with van der Waals surface area (Å²) in [6.07, 6.45) is 0. The molecule has 0 radical (unpaired) electrons. The number of hydrogen-bond acceptors (Lipinski definition) is 21. The van der Waals surface area contributed by atoms with E-state index in [2.05, 4.69) is 40.9 Å². The summed E-state index contributed by atoms with van der Waals surface area (Å²) in [6, 6.07) is 14.4. The largest absolute Gasteiger partial charge is 0.507 e. The van der Waals surface area contributed by atoms with Gasteiger partial charge in [-0.3, -0.25) is 23.8 Å². The molecule has 328 valence electrons. The van der Waals surface area contributed by atoms with Gasteiger partial charge in [0, 0.05) is 35.7 Å². The second kappa shape index (κ2) is 17.3. The molecule has 0 fully saturated rings. The van der Waals surface area contributed by atoms with Gasteiger partial charge in [0.2, 0.25) is 0 Å². The fourth-order valence-electron chi connectivity index (χ4n) is 5.39. The standard InChI is InChI=1S/C35H23N9O17S3/c45-26-11-18(3-7-22(26)35(49)50)37-38-19-4-8-24(30(14-19)63(56,57)58)40-39-20-12-27(46)32(28(47)13-20)42-41-25-15-23-16(9-29(25)62(53,54)55)10-31(64(59,60)61)33(34(23)48)43-36-17-1-5-21(6-2-17)44(51)52/h1-15,45-48H,(H,49,50)(H,53,54,55)(H,56,57,58)(H,59,60,61). The van der Waals surface area contributed by atoms with Crippen LogP contribution in [0.2, 0.25) is 0 Å². The monoisotopic (exact) mass is 937 g/mol. The number of aromatic hydroxyl groups is 4. The van der Waals surface area contributed by atoms with Crippen LogP contribution in [0.25, 0.3) is 10.8 Å². The Balaban J connectivity index is 1.33. The van der Waals surface area contributed by atoms with Crippen LogP contribution >= 0.6 is 0 Å². The predicted molar refractivity (Wildman–Crippen MR) is 216 cm³/mol. The molecule has 6 aromatic carbocycles. The molecule has 0 unspecified atom stereocenters. The van der Waals surface area contributed by atoms with E-state index < -0.39 is 118 Å². The Kier molecular flexibility index (Phi) is 12.2. The third kappa shape index (κ3) is 10.1. The fourth-order valence-corrected chi connectivity index (χ4v) is 7.33. The van der Waals surface area contributed by atoms with Gasteiger partial charge in [0.15, 0.2) is 11.4 Å². The van der Waals surface area contributed by atoms with E-state index in [1.807, 2.05) is 0 Å². The first-order valence-corrected chi connectivity index (χ1v) is 21.2. The average molecular weight is 938 g/mol. The highest BCUT2D eigenvalue weighted by molar-refractivity contribution is 7.86. The number of aromatic carboxylic acids is 1. The van der Waals surface area contributed by atoms with Crippen LogP contribution in [0.15, 0.2) is 147 Å². The zero-order valence-electron chi connectivity index (χ0n) is 31.2. The SMILES string of the molecule is O=C(O)c1ccc(N=Nc2ccc(N=Nc3cc(O)c(N=Nc4cc5c(O)c(N=Nc6ccc([N+](=O)[O-])cc6)c(S(=O)(=O)O)cc5cc4S(=O)(=O)O)c(O)c3)c(S(=O)(=O)O)c2)cc1O. The van der Waals surface area contributed by atoms with Gasteiger partial charge in [-0.2, -0.15) is 45.7 Å². The molecular weight excluding hydrogens is 915 g/mol. The Morgan fingerprint density at radius 1 is 0.500 bits per heavy atom. The van der Waals surface area contributed by atoms with Crippen molar-refractivity contribution < 1.29 is 74.2 Å². The molecule has 0 aliphatic heterocycles. The van der Waals surface area contributed by atoms with Crippen molar-refractivity contribution >= 4 is 98.3 Å². The summed E-state index contributed by atoms with van der Waals surface area (Å²) in [4.78, 5) is 18.4. The molecule has 0 amide bonds. The van der Waals surface area contributed by atoms with Crippen molar-refractivity contribution in [2.75, 3.05) is 0 Å². The number of azo groups is 4. The molecule has 0 saturated heterocycles. The number of nitrogens with zero attached hydrogens (tertiary/aromatic N) is 9. The molecule has 8 N–H and O–H groups in total. The Morgan fingerprint density at radius 2 is 0.969 bits per heavy atom. The van der Waals surface area contributed by atoms with Crippen LogP contribution in [-0.4, -0.2) is 75.3 Å². The number of carboxylic acids is 1. The molecule has 0 atom stereocenters. The van der Waals surface area contributed by atoms with E-state index in [4.69, 9.17) is 5.11 Å². The number of phenols is 4. The second-order valence-corrected chi connectivity index (χ2v) is 16.8. The van der Waals surface area contributed by atoms with Gasteiger partial charge in [-0.1, -0.05) is 0 Å². The van der Waals surface area contributed by atoms with Crippen molar-refractivity contribution in [3.63, 3.8) is 0 Å². The molecule has 26 nitrogen and oxygen atoms in total. The van der Waals surface area contributed by atoms with Crippen molar-refractivity contribution in [3.05, 3.63) is 107 Å². The zero-order chi connectivity index (χ0) is 46.9. The van der Waals surface area contributed by atoms with Crippen LogP contribution in [0.1, 0.15) is 10.4 Å². The number of benzene rings is 6. The van der Waals surface area contributed by atoms with Crippen LogP contribution in [0.5, 0.6) is 23.0 Å². The molecule has 0 bridgehead atoms. The number of hydrogen-bond donors (Lipinski definition) is 8. The third-order valence-corrected chi connectivity index (χ3v) is 10.9. The summed E-state index contributed by atoms with van der Waals surface area (Å²) in [5.41, 5.74) is -4.23. The Hall–Kier alpha value is -8.22. The topological polar surface area (TPSA) is 423 Å². The van der Waals surface area contributed by atoms with Crippen molar-refractivity contribution in [1.82, 2.24) is 0 Å². The lowest BCUT2D eigenvalue weighted by Gasteiger charge is -2.11. The maximum Gasteiger partial charge on any atom is 0.339 e. The number of fused-ring (bicyclic) bond motifs is 1. The number of carboxylic acid groups (broad SMARTS) is 1. The molecule has 0 heterocycles. The van der Waals surface area contributed by atoms with E-state index in [-0.39, 0.29) is 28.4 Å². The molecular formula is C35H23N9O17S3. The highest BCUT2D eigenvalue weighted by atomic mass is 32.2. The average Bonchev–Trinajstić information content (AvgIpc) is 3.20. The number of carbonyl (C=O) groups is 1. The van der Waals surface area contributed by atoms with Crippen molar-refractivity contribution in [1.29, 1.82) is 0 Å². The van der Waals surface area contributed by atoms with Crippen molar-refractivity contribution in [2.45, 2.75) is 14.7 Å². The Bertz CT molecular complexity index is 3390. The van der Waals surface area contributed by atoms with Gasteiger partial charge in [-0.25, -0.2) is 4.79 Å². The summed E-state index contributed by atoms with van der Waals surface area (Å²) in [6.45, 7) is 0. The minimum absolute atomic E-state index is 0.0216. The van der Waals surface area contributed by atoms with Gasteiger partial charge in [-0.15, -0.1) is 20.5 Å². The van der Waals surface area contributed by atoms with E-state index in [1.165, 1.54) is 12.1 Å². The molecule has 0 aromatic heterocycles. The maximum absolute atomic E-state index is 12.4. The molecule has 64 heavy (non-hydrogen) atoms. The molecule has 0 aliphatic carbocycles. The highest BCUT2D eigenvalue weighted by Crippen LogP contribution is 2.46. The smallest absolute Gasteiger partial charge is 0.339 e. The van der Waals surface area contributed by atoms with Crippen molar-refractivity contribution in [2.24, 2.45) is 40.9 Å². The maximum atomic E-state index is 12.4. The number of rotatable bonds is 13. The molecule has 29 heteroatoms. The number of phenolic OH excluding ortho intramolecular Hbond substituents is 3. The molecule has 0 spiro atoms. The fraction of sp³-hybridized carbons (Fsp3) is 0. The zero-order valence-corrected chi connectivity index (χ0v) is 33.6. The van der Waals surface area contributed by atoms with Crippen LogP contribution in [0.3, 0.4) is 0 Å². The minimum atomic E-state index is -5.24. The highest BCUT2D eigenvalue weighted by Gasteiger charge is 2.26. The van der Waals surface area contributed by atoms with E-state index in [1.54, 1.807) is 0 Å². The molecule has 6 aromatic rings. The Labute approximate surface area is 356 Å². The van der Waals surface area contributed by atoms with Gasteiger partial charge in [0.05, 0.1) is 27.7 Å². The van der Waals surface area contributed by atoms with Crippen LogP contribution in [-0.2, 0) is 30.4 Å². The minimum Gasteiger partial charge on any atom is -0.507 e. The second-order valence-electron chi connectivity index (χ2n) is 12.6. The lowest BCUT2D eigenvalue weighted by Crippen LogP contribution is -2.01. The summed E-state index contributed by atoms with van der Waals surface area (Å²) in [7, 11) is -15.5. The van der Waals surface area contributed by atoms with E-state index in [0.717, 1.165) is 66.7 Å². The molecule has 0 saturated carbocycles. The van der Waals surface area contributed by atoms with E-state index in [9.17, 15) is 74.2 Å². The lowest BCUT2D eigenvalue weighted by atomic mass is 10.1. The summed E-state index contributed by atoms with van der Waals surface area (Å²) >= 11 is 0. The first-order valence-electron chi connectivity index (χ1n) is 16.8. The van der Waals surface area contributed by atoms with Crippen LogP contribution in [0, 0.1) is 10.1 Å². The quantitative estimate of drug-likeness (QED) is 0.0232. The van der Waals surface area contributed by atoms with Gasteiger partial charge >= 0.3 is 5.97 Å². The third-order valence-electron chi connectivity index (χ3n) is 8.31. The van der Waals surface area contributed by atoms with Crippen LogP contribution < -0.4 is 0 Å². The molecule has 0 aliphatic rings. The van der Waals surface area contributed by atoms with Gasteiger partial charge in [0.1, 0.15) is 54.6 Å². The van der Waals surface area contributed by atoms with Gasteiger partial charge in [-0.05, 0) is 66.0 Å². The van der Waals surface area contributed by atoms with Crippen molar-refractivity contribution in [3.8, 4) is 23.0 Å². The van der Waals surface area contributed by atoms with E-state index in [0.29, 0.717) is 12.1 Å². The lowest BCUT2D eigenvalue weighted by molar-refractivity contribution is -0.384. The molecule has 6 rings (SSSR count). The number of nitro benzene ring substituents is 1. The number of non-ortho nitro benzene ring substituents is 1. The Morgan fingerprint density at radius 3 is 1.53 bits per heavy atom. The first kappa shape index (κ1) is 45.3. The number of nitro groups is 1.